The number of ketones is 1. The predicted octanol–water partition coefficient (Wildman–Crippen LogP) is 4.72. The van der Waals surface area contributed by atoms with E-state index in [0.717, 1.165) is 11.3 Å². The van der Waals surface area contributed by atoms with Gasteiger partial charge in [0.05, 0.1) is 26.4 Å². The topological polar surface area (TPSA) is 94.1 Å². The molecule has 0 amide bonds. The zero-order chi connectivity index (χ0) is 25.1. The lowest BCUT2D eigenvalue weighted by molar-refractivity contribution is -0.139. The van der Waals surface area contributed by atoms with Gasteiger partial charge in [-0.2, -0.15) is 0 Å². The van der Waals surface area contributed by atoms with Crippen LogP contribution in [0.4, 0.5) is 0 Å². The number of methoxy groups -OCH3 is 2. The summed E-state index contributed by atoms with van der Waals surface area (Å²) in [6, 6.07) is 12.4. The van der Waals surface area contributed by atoms with Crippen molar-refractivity contribution in [1.29, 1.82) is 0 Å². The van der Waals surface area contributed by atoms with Gasteiger partial charge in [-0.05, 0) is 61.1 Å². The molecule has 0 bridgehead atoms. The lowest BCUT2D eigenvalue weighted by atomic mass is 9.71. The summed E-state index contributed by atoms with van der Waals surface area (Å²) in [6.07, 6.45) is 1.59. The summed E-state index contributed by atoms with van der Waals surface area (Å²) >= 11 is 0. The number of phenols is 1. The van der Waals surface area contributed by atoms with Crippen molar-refractivity contribution >= 4 is 11.8 Å². The fourth-order valence-electron chi connectivity index (χ4n) is 4.96. The quantitative estimate of drug-likeness (QED) is 0.557. The van der Waals surface area contributed by atoms with Gasteiger partial charge in [-0.15, -0.1) is 0 Å². The molecule has 2 N–H and O–H groups in total. The highest BCUT2D eigenvalue weighted by molar-refractivity contribution is 6.04. The molecule has 1 aliphatic heterocycles. The molecule has 184 valence electrons. The molecule has 0 aromatic heterocycles. The number of hydrogen-bond donors (Lipinski definition) is 2. The summed E-state index contributed by atoms with van der Waals surface area (Å²) in [5.74, 6) is 0.164. The second-order valence-corrected chi connectivity index (χ2v) is 8.86. The second kappa shape index (κ2) is 10.3. The van der Waals surface area contributed by atoms with Gasteiger partial charge in [0.25, 0.3) is 0 Å². The van der Waals surface area contributed by atoms with Crippen LogP contribution in [-0.2, 0) is 14.3 Å². The van der Waals surface area contributed by atoms with E-state index in [1.807, 2.05) is 38.1 Å². The summed E-state index contributed by atoms with van der Waals surface area (Å²) < 4.78 is 16.3. The van der Waals surface area contributed by atoms with E-state index in [9.17, 15) is 14.7 Å². The van der Waals surface area contributed by atoms with Gasteiger partial charge >= 0.3 is 5.97 Å². The van der Waals surface area contributed by atoms with Gasteiger partial charge in [0, 0.05) is 29.3 Å². The molecule has 0 radical (unpaired) electrons. The number of Topliss-reactive ketones (excluding diaryl/α,β-unsaturated/α-hetero) is 1. The molecule has 2 aromatic carbocycles. The Morgan fingerprint density at radius 3 is 2.51 bits per heavy atom. The number of nitrogens with one attached hydrogen (secondary N) is 1. The van der Waals surface area contributed by atoms with Gasteiger partial charge in [-0.3, -0.25) is 4.79 Å². The molecule has 7 nitrogen and oxygen atoms in total. The van der Waals surface area contributed by atoms with Crippen molar-refractivity contribution in [2.24, 2.45) is 0 Å². The fraction of sp³-hybridized carbons (Fsp3) is 0.357. The van der Waals surface area contributed by atoms with E-state index in [1.54, 1.807) is 32.4 Å². The number of dihydropyridines is 1. The fourth-order valence-corrected chi connectivity index (χ4v) is 4.96. The maximum absolute atomic E-state index is 13.7. The number of carbonyl (C=O) groups is 2. The highest BCUT2D eigenvalue weighted by Crippen LogP contribution is 2.46. The van der Waals surface area contributed by atoms with Crippen molar-refractivity contribution in [2.75, 3.05) is 20.8 Å². The second-order valence-electron chi connectivity index (χ2n) is 8.86. The van der Waals surface area contributed by atoms with E-state index < -0.39 is 11.9 Å². The number of phenolic OH excluding ortho intramolecular Hbond substituents is 1. The highest BCUT2D eigenvalue weighted by Gasteiger charge is 2.41. The molecular formula is C28H31NO6. The van der Waals surface area contributed by atoms with E-state index in [0.29, 0.717) is 59.8 Å². The number of benzene rings is 2. The summed E-state index contributed by atoms with van der Waals surface area (Å²) in [7, 11) is 3.18. The summed E-state index contributed by atoms with van der Waals surface area (Å²) in [6.45, 7) is 4.05. The van der Waals surface area contributed by atoms with E-state index in [4.69, 9.17) is 14.2 Å². The van der Waals surface area contributed by atoms with Crippen LogP contribution >= 0.6 is 0 Å². The van der Waals surface area contributed by atoms with Crippen LogP contribution in [0.1, 0.15) is 56.1 Å². The molecule has 2 aliphatic rings. The van der Waals surface area contributed by atoms with E-state index in [2.05, 4.69) is 5.32 Å². The predicted molar refractivity (Wildman–Crippen MR) is 131 cm³/mol. The van der Waals surface area contributed by atoms with Crippen LogP contribution in [0, 0.1) is 0 Å². The monoisotopic (exact) mass is 477 g/mol. The Hall–Kier alpha value is -3.74. The molecule has 35 heavy (non-hydrogen) atoms. The van der Waals surface area contributed by atoms with E-state index >= 15 is 0 Å². The largest absolute Gasteiger partial charge is 0.508 e. The summed E-state index contributed by atoms with van der Waals surface area (Å²) in [4.78, 5) is 26.7. The Balaban J connectivity index is 1.76. The van der Waals surface area contributed by atoms with Crippen LogP contribution in [0.5, 0.6) is 17.2 Å². The molecule has 0 saturated heterocycles. The molecule has 0 spiro atoms. The molecule has 4 rings (SSSR count). The van der Waals surface area contributed by atoms with Crippen molar-refractivity contribution in [3.8, 4) is 17.2 Å². The number of esters is 1. The zero-order valence-corrected chi connectivity index (χ0v) is 20.5. The molecule has 0 saturated carbocycles. The smallest absolute Gasteiger partial charge is 0.336 e. The molecular weight excluding hydrogens is 446 g/mol. The van der Waals surface area contributed by atoms with Crippen LogP contribution in [-0.4, -0.2) is 37.7 Å². The number of hydrogen-bond acceptors (Lipinski definition) is 7. The maximum atomic E-state index is 13.7. The Morgan fingerprint density at radius 1 is 1.06 bits per heavy atom. The van der Waals surface area contributed by atoms with Gasteiger partial charge in [0.1, 0.15) is 5.75 Å². The lowest BCUT2D eigenvalue weighted by Crippen LogP contribution is -2.36. The number of carbonyl (C=O) groups excluding carboxylic acids is 2. The first-order chi connectivity index (χ1) is 16.9. The van der Waals surface area contributed by atoms with Crippen LogP contribution in [0.2, 0.25) is 0 Å². The standard InChI is InChI=1S/C28H31NO6/c1-5-11-35-28(32)25-16(2)29-21-13-19(17-9-10-23(33-3)24(15-17)34-4)14-22(31)27(21)26(25)18-7-6-8-20(30)12-18/h6-10,12,15,19,26,29-30H,5,11,13-14H2,1-4H3/t19-,26-/m0/s1. The first-order valence-electron chi connectivity index (χ1n) is 11.8. The Bertz CT molecular complexity index is 1210. The summed E-state index contributed by atoms with van der Waals surface area (Å²) in [5, 5.41) is 13.5. The van der Waals surface area contributed by atoms with Gasteiger partial charge in [0.15, 0.2) is 17.3 Å². The SMILES string of the molecule is CCCOC(=O)C1=C(C)NC2=C(C(=O)C[C@@H](c3ccc(OC)c(OC)c3)C2)[C@H]1c1cccc(O)c1. The minimum Gasteiger partial charge on any atom is -0.508 e. The number of rotatable bonds is 7. The third-order valence-corrected chi connectivity index (χ3v) is 6.57. The Morgan fingerprint density at radius 2 is 1.83 bits per heavy atom. The van der Waals surface area contributed by atoms with E-state index in [1.165, 1.54) is 0 Å². The first kappa shape index (κ1) is 24.4. The van der Waals surface area contributed by atoms with Crippen LogP contribution in [0.25, 0.3) is 0 Å². The van der Waals surface area contributed by atoms with Crippen LogP contribution in [0.3, 0.4) is 0 Å². The van der Waals surface area contributed by atoms with Gasteiger partial charge in [-0.1, -0.05) is 25.1 Å². The zero-order valence-electron chi connectivity index (χ0n) is 20.5. The minimum absolute atomic E-state index is 0.0415. The lowest BCUT2D eigenvalue weighted by Gasteiger charge is -2.36. The molecule has 7 heteroatoms. The maximum Gasteiger partial charge on any atom is 0.336 e. The van der Waals surface area contributed by atoms with Crippen LogP contribution in [0.15, 0.2) is 65.0 Å². The highest BCUT2D eigenvalue weighted by atomic mass is 16.5. The average molecular weight is 478 g/mol. The minimum atomic E-state index is -0.610. The normalized spacial score (nSPS) is 19.7. The molecule has 2 aromatic rings. The third kappa shape index (κ3) is 4.76. The Kier molecular flexibility index (Phi) is 7.15. The van der Waals surface area contributed by atoms with Gasteiger partial charge in [-0.25, -0.2) is 4.79 Å². The van der Waals surface area contributed by atoms with Crippen molar-refractivity contribution in [3.05, 3.63) is 76.1 Å². The van der Waals surface area contributed by atoms with E-state index in [-0.39, 0.29) is 17.5 Å². The molecule has 1 aliphatic carbocycles. The molecule has 2 atom stereocenters. The number of aromatic hydroxyl groups is 1. The third-order valence-electron chi connectivity index (χ3n) is 6.57. The Labute approximate surface area is 205 Å². The van der Waals surface area contributed by atoms with Crippen molar-refractivity contribution in [2.45, 2.75) is 44.9 Å². The first-order valence-corrected chi connectivity index (χ1v) is 11.8. The van der Waals surface area contributed by atoms with Crippen molar-refractivity contribution in [1.82, 2.24) is 5.32 Å². The molecule has 0 fully saturated rings. The van der Waals surface area contributed by atoms with Gasteiger partial charge in [0.2, 0.25) is 0 Å². The average Bonchev–Trinajstić information content (AvgIpc) is 2.85. The number of allylic oxidation sites excluding steroid dienone is 3. The van der Waals surface area contributed by atoms with Crippen LogP contribution < -0.4 is 14.8 Å². The molecule has 0 unspecified atom stereocenters. The molecule has 1 heterocycles. The number of ether oxygens (including phenoxy) is 3. The summed E-state index contributed by atoms with van der Waals surface area (Å²) in [5.41, 5.74) is 4.06. The van der Waals surface area contributed by atoms with Gasteiger partial charge < -0.3 is 24.6 Å². The van der Waals surface area contributed by atoms with Crippen molar-refractivity contribution < 1.29 is 28.9 Å². The van der Waals surface area contributed by atoms with Crippen molar-refractivity contribution in [3.63, 3.8) is 0 Å².